The van der Waals surface area contributed by atoms with Gasteiger partial charge in [0.15, 0.2) is 6.29 Å². The third kappa shape index (κ3) is 2.24. The summed E-state index contributed by atoms with van der Waals surface area (Å²) in [5, 5.41) is 0. The first-order valence-electron chi connectivity index (χ1n) is 4.51. The van der Waals surface area contributed by atoms with Crippen molar-refractivity contribution in [1.82, 2.24) is 0 Å². The van der Waals surface area contributed by atoms with Crippen LogP contribution in [0.3, 0.4) is 0 Å². The number of ether oxygens (including phenoxy) is 5. The van der Waals surface area contributed by atoms with Crippen molar-refractivity contribution in [2.24, 2.45) is 0 Å². The van der Waals surface area contributed by atoms with Gasteiger partial charge in [-0.05, 0) is 0 Å². The van der Waals surface area contributed by atoms with Gasteiger partial charge in [0.05, 0.1) is 6.61 Å². The highest BCUT2D eigenvalue weighted by Gasteiger charge is 2.45. The standard InChI is InChI=1S/C9H18O5/c1-10-5-6-7(11-2)8(12-3)9(13-4)14-6/h6-9H,5H2,1-4H3/t6-,7?,8+,9-/m1/s1. The second-order valence-corrected chi connectivity index (χ2v) is 3.13. The normalized spacial score (nSPS) is 37.7. The van der Waals surface area contributed by atoms with Crippen LogP contribution in [0.5, 0.6) is 0 Å². The fraction of sp³-hybridized carbons (Fsp3) is 1.00. The fourth-order valence-corrected chi connectivity index (χ4v) is 1.71. The molecule has 1 saturated heterocycles. The summed E-state index contributed by atoms with van der Waals surface area (Å²) < 4.78 is 26.3. The van der Waals surface area contributed by atoms with Crippen molar-refractivity contribution in [3.63, 3.8) is 0 Å². The van der Waals surface area contributed by atoms with E-state index in [9.17, 15) is 0 Å². The molecular formula is C9H18O5. The molecule has 0 bridgehead atoms. The molecule has 1 aliphatic heterocycles. The zero-order valence-electron chi connectivity index (χ0n) is 9.06. The van der Waals surface area contributed by atoms with Gasteiger partial charge in [0, 0.05) is 28.4 Å². The van der Waals surface area contributed by atoms with E-state index in [1.807, 2.05) is 0 Å². The molecule has 0 aromatic carbocycles. The van der Waals surface area contributed by atoms with Crippen LogP contribution in [0.2, 0.25) is 0 Å². The van der Waals surface area contributed by atoms with E-state index in [4.69, 9.17) is 23.7 Å². The molecule has 4 atom stereocenters. The molecule has 1 unspecified atom stereocenters. The largest absolute Gasteiger partial charge is 0.382 e. The summed E-state index contributed by atoms with van der Waals surface area (Å²) in [6.45, 7) is 0.470. The molecule has 14 heavy (non-hydrogen) atoms. The molecule has 1 rings (SSSR count). The Morgan fingerprint density at radius 3 is 2.00 bits per heavy atom. The monoisotopic (exact) mass is 206 g/mol. The van der Waals surface area contributed by atoms with Gasteiger partial charge < -0.3 is 23.7 Å². The maximum Gasteiger partial charge on any atom is 0.186 e. The van der Waals surface area contributed by atoms with E-state index >= 15 is 0 Å². The molecule has 5 nitrogen and oxygen atoms in total. The molecule has 0 spiro atoms. The lowest BCUT2D eigenvalue weighted by Gasteiger charge is -2.20. The quantitative estimate of drug-likeness (QED) is 0.635. The lowest BCUT2D eigenvalue weighted by molar-refractivity contribution is -0.160. The van der Waals surface area contributed by atoms with Gasteiger partial charge in [-0.15, -0.1) is 0 Å². The van der Waals surface area contributed by atoms with E-state index in [0.717, 1.165) is 0 Å². The third-order valence-electron chi connectivity index (χ3n) is 2.37. The van der Waals surface area contributed by atoms with Gasteiger partial charge in [0.2, 0.25) is 0 Å². The smallest absolute Gasteiger partial charge is 0.186 e. The maximum absolute atomic E-state index is 5.56. The molecule has 0 amide bonds. The Kier molecular flexibility index (Phi) is 4.77. The minimum atomic E-state index is -0.384. The molecule has 0 saturated carbocycles. The Bertz CT molecular complexity index is 163. The first-order chi connectivity index (χ1) is 6.78. The van der Waals surface area contributed by atoms with Gasteiger partial charge in [0.1, 0.15) is 18.3 Å². The maximum atomic E-state index is 5.56. The lowest BCUT2D eigenvalue weighted by atomic mass is 10.1. The predicted molar refractivity (Wildman–Crippen MR) is 49.1 cm³/mol. The molecule has 0 aliphatic carbocycles. The zero-order chi connectivity index (χ0) is 10.6. The number of rotatable bonds is 5. The number of hydrogen-bond donors (Lipinski definition) is 0. The molecule has 1 aliphatic rings. The highest BCUT2D eigenvalue weighted by molar-refractivity contribution is 4.88. The van der Waals surface area contributed by atoms with Gasteiger partial charge in [-0.1, -0.05) is 0 Å². The Morgan fingerprint density at radius 1 is 0.929 bits per heavy atom. The molecule has 1 fully saturated rings. The second-order valence-electron chi connectivity index (χ2n) is 3.13. The van der Waals surface area contributed by atoms with Crippen molar-refractivity contribution < 1.29 is 23.7 Å². The average molecular weight is 206 g/mol. The van der Waals surface area contributed by atoms with E-state index in [2.05, 4.69) is 0 Å². The van der Waals surface area contributed by atoms with E-state index < -0.39 is 0 Å². The Balaban J connectivity index is 2.62. The Morgan fingerprint density at radius 2 is 1.57 bits per heavy atom. The van der Waals surface area contributed by atoms with Crippen molar-refractivity contribution >= 4 is 0 Å². The van der Waals surface area contributed by atoms with Crippen LogP contribution in [-0.2, 0) is 23.7 Å². The van der Waals surface area contributed by atoms with Gasteiger partial charge in [-0.25, -0.2) is 0 Å². The number of methoxy groups -OCH3 is 4. The molecule has 0 radical (unpaired) electrons. The van der Waals surface area contributed by atoms with Crippen molar-refractivity contribution in [3.05, 3.63) is 0 Å². The molecule has 0 N–H and O–H groups in total. The van der Waals surface area contributed by atoms with Crippen LogP contribution in [0.15, 0.2) is 0 Å². The molecule has 0 aromatic heterocycles. The van der Waals surface area contributed by atoms with Crippen molar-refractivity contribution in [2.75, 3.05) is 35.0 Å². The first-order valence-corrected chi connectivity index (χ1v) is 4.51. The van der Waals surface area contributed by atoms with Gasteiger partial charge in [0.25, 0.3) is 0 Å². The van der Waals surface area contributed by atoms with Crippen molar-refractivity contribution in [2.45, 2.75) is 24.6 Å². The zero-order valence-corrected chi connectivity index (χ0v) is 9.06. The van der Waals surface area contributed by atoms with E-state index in [1.165, 1.54) is 0 Å². The van der Waals surface area contributed by atoms with Crippen LogP contribution in [0.1, 0.15) is 0 Å². The summed E-state index contributed by atoms with van der Waals surface area (Å²) in [6, 6.07) is 0. The molecule has 1 heterocycles. The molecule has 84 valence electrons. The summed E-state index contributed by atoms with van der Waals surface area (Å²) in [4.78, 5) is 0. The van der Waals surface area contributed by atoms with E-state index in [0.29, 0.717) is 6.61 Å². The Labute approximate surface area is 84.2 Å². The average Bonchev–Trinajstić information content (AvgIpc) is 2.55. The third-order valence-corrected chi connectivity index (χ3v) is 2.37. The van der Waals surface area contributed by atoms with Crippen LogP contribution in [0, 0.1) is 0 Å². The van der Waals surface area contributed by atoms with Crippen LogP contribution in [0.25, 0.3) is 0 Å². The number of hydrogen-bond acceptors (Lipinski definition) is 5. The van der Waals surface area contributed by atoms with Gasteiger partial charge in [-0.3, -0.25) is 0 Å². The SMILES string of the molecule is COC[C@H]1O[C@@H](OC)[C@@H](OC)C1OC. The van der Waals surface area contributed by atoms with Crippen molar-refractivity contribution in [3.8, 4) is 0 Å². The fourth-order valence-electron chi connectivity index (χ4n) is 1.71. The molecular weight excluding hydrogens is 188 g/mol. The van der Waals surface area contributed by atoms with Crippen molar-refractivity contribution in [1.29, 1.82) is 0 Å². The molecule has 0 aromatic rings. The van der Waals surface area contributed by atoms with Crippen LogP contribution in [0.4, 0.5) is 0 Å². The van der Waals surface area contributed by atoms with Gasteiger partial charge >= 0.3 is 0 Å². The first kappa shape index (κ1) is 11.9. The Hall–Kier alpha value is -0.200. The van der Waals surface area contributed by atoms with Gasteiger partial charge in [-0.2, -0.15) is 0 Å². The topological polar surface area (TPSA) is 46.2 Å². The second kappa shape index (κ2) is 5.63. The molecule has 5 heteroatoms. The summed E-state index contributed by atoms with van der Waals surface area (Å²) in [6.07, 6.45) is -0.875. The minimum Gasteiger partial charge on any atom is -0.382 e. The van der Waals surface area contributed by atoms with Crippen LogP contribution < -0.4 is 0 Å². The van der Waals surface area contributed by atoms with E-state index in [1.54, 1.807) is 28.4 Å². The van der Waals surface area contributed by atoms with Crippen LogP contribution >= 0.6 is 0 Å². The highest BCUT2D eigenvalue weighted by Crippen LogP contribution is 2.26. The summed E-state index contributed by atoms with van der Waals surface area (Å²) >= 11 is 0. The lowest BCUT2D eigenvalue weighted by Crippen LogP contribution is -2.37. The predicted octanol–water partition coefficient (Wildman–Crippen LogP) is 0.0341. The van der Waals surface area contributed by atoms with E-state index in [-0.39, 0.29) is 24.6 Å². The van der Waals surface area contributed by atoms with Crippen LogP contribution in [-0.4, -0.2) is 59.6 Å². The minimum absolute atomic E-state index is 0.139. The summed E-state index contributed by atoms with van der Waals surface area (Å²) in [5.74, 6) is 0. The summed E-state index contributed by atoms with van der Waals surface area (Å²) in [5.41, 5.74) is 0. The highest BCUT2D eigenvalue weighted by atomic mass is 16.7. The summed E-state index contributed by atoms with van der Waals surface area (Å²) in [7, 11) is 6.44.